The fraction of sp³-hybridized carbons (Fsp3) is 0.579. The van der Waals surface area contributed by atoms with E-state index in [-0.39, 0.29) is 23.8 Å². The van der Waals surface area contributed by atoms with Gasteiger partial charge in [-0.1, -0.05) is 30.3 Å². The average Bonchev–Trinajstić information content (AvgIpc) is 2.96. The lowest BCUT2D eigenvalue weighted by Gasteiger charge is -2.23. The quantitative estimate of drug-likeness (QED) is 0.865. The molecule has 0 unspecified atom stereocenters. The predicted molar refractivity (Wildman–Crippen MR) is 91.4 cm³/mol. The van der Waals surface area contributed by atoms with Crippen LogP contribution in [0.1, 0.15) is 31.2 Å². The highest BCUT2D eigenvalue weighted by molar-refractivity contribution is 5.83. The van der Waals surface area contributed by atoms with Gasteiger partial charge in [-0.15, -0.1) is 0 Å². The average molecular weight is 330 g/mol. The Hall–Kier alpha value is -1.88. The van der Waals surface area contributed by atoms with E-state index < -0.39 is 0 Å². The second-order valence-electron chi connectivity index (χ2n) is 6.73. The van der Waals surface area contributed by atoms with Crippen molar-refractivity contribution in [2.45, 2.75) is 38.1 Å². The maximum atomic E-state index is 12.3. The SMILES string of the molecule is O=C(N[C@@H]1CC(=O)N(CCCc2ccccc2)C1)C1CCOCC1. The van der Waals surface area contributed by atoms with Crippen LogP contribution in [0.3, 0.4) is 0 Å². The van der Waals surface area contributed by atoms with E-state index in [0.717, 1.165) is 32.2 Å². The Morgan fingerprint density at radius 1 is 1.21 bits per heavy atom. The molecule has 5 nitrogen and oxygen atoms in total. The number of rotatable bonds is 6. The van der Waals surface area contributed by atoms with E-state index in [1.165, 1.54) is 5.56 Å². The lowest BCUT2D eigenvalue weighted by atomic mass is 9.99. The molecule has 0 aliphatic carbocycles. The van der Waals surface area contributed by atoms with E-state index in [1.54, 1.807) is 0 Å². The number of ether oxygens (including phenoxy) is 1. The number of carbonyl (C=O) groups is 2. The lowest BCUT2D eigenvalue weighted by molar-refractivity contribution is -0.128. The molecule has 0 aromatic heterocycles. The van der Waals surface area contributed by atoms with Gasteiger partial charge in [0.05, 0.1) is 6.04 Å². The number of hydrogen-bond acceptors (Lipinski definition) is 3. The fourth-order valence-electron chi connectivity index (χ4n) is 3.48. The van der Waals surface area contributed by atoms with Crippen LogP contribution in [0.25, 0.3) is 0 Å². The van der Waals surface area contributed by atoms with Crippen LogP contribution in [-0.4, -0.2) is 49.1 Å². The Bertz CT molecular complexity index is 555. The van der Waals surface area contributed by atoms with Gasteiger partial charge in [0.25, 0.3) is 0 Å². The van der Waals surface area contributed by atoms with Crippen LogP contribution in [0.15, 0.2) is 30.3 Å². The molecule has 24 heavy (non-hydrogen) atoms. The molecule has 3 rings (SSSR count). The Morgan fingerprint density at radius 3 is 2.71 bits per heavy atom. The third-order valence-electron chi connectivity index (χ3n) is 4.89. The van der Waals surface area contributed by atoms with Crippen LogP contribution in [0, 0.1) is 5.92 Å². The molecule has 2 heterocycles. The highest BCUT2D eigenvalue weighted by Gasteiger charge is 2.32. The van der Waals surface area contributed by atoms with Crippen molar-refractivity contribution in [3.63, 3.8) is 0 Å². The molecule has 2 fully saturated rings. The third-order valence-corrected chi connectivity index (χ3v) is 4.89. The van der Waals surface area contributed by atoms with Gasteiger partial charge in [-0.05, 0) is 31.2 Å². The van der Waals surface area contributed by atoms with Crippen LogP contribution >= 0.6 is 0 Å². The summed E-state index contributed by atoms with van der Waals surface area (Å²) in [5.74, 6) is 0.281. The van der Waals surface area contributed by atoms with Crippen molar-refractivity contribution in [2.24, 2.45) is 5.92 Å². The number of likely N-dealkylation sites (tertiary alicyclic amines) is 1. The Morgan fingerprint density at radius 2 is 1.96 bits per heavy atom. The van der Waals surface area contributed by atoms with Gasteiger partial charge >= 0.3 is 0 Å². The molecule has 2 saturated heterocycles. The zero-order valence-corrected chi connectivity index (χ0v) is 14.1. The molecule has 1 N–H and O–H groups in total. The Balaban J connectivity index is 1.41. The smallest absolute Gasteiger partial charge is 0.224 e. The molecule has 2 aliphatic rings. The van der Waals surface area contributed by atoms with Crippen molar-refractivity contribution in [1.29, 1.82) is 0 Å². The van der Waals surface area contributed by atoms with E-state index in [0.29, 0.717) is 26.2 Å². The molecule has 130 valence electrons. The Labute approximate surface area is 143 Å². The first-order valence-electron chi connectivity index (χ1n) is 8.92. The summed E-state index contributed by atoms with van der Waals surface area (Å²) in [6, 6.07) is 10.3. The van der Waals surface area contributed by atoms with E-state index in [2.05, 4.69) is 17.4 Å². The number of amides is 2. The summed E-state index contributed by atoms with van der Waals surface area (Å²) >= 11 is 0. The normalized spacial score (nSPS) is 21.9. The van der Waals surface area contributed by atoms with Gasteiger partial charge in [-0.2, -0.15) is 0 Å². The second kappa shape index (κ2) is 8.29. The molecule has 0 bridgehead atoms. The summed E-state index contributed by atoms with van der Waals surface area (Å²) in [6.07, 6.45) is 3.93. The van der Waals surface area contributed by atoms with Crippen molar-refractivity contribution in [1.82, 2.24) is 10.2 Å². The van der Waals surface area contributed by atoms with Gasteiger partial charge in [0.15, 0.2) is 0 Å². The summed E-state index contributed by atoms with van der Waals surface area (Å²) in [5.41, 5.74) is 1.30. The third kappa shape index (κ3) is 4.57. The van der Waals surface area contributed by atoms with Gasteiger partial charge in [0, 0.05) is 38.6 Å². The maximum Gasteiger partial charge on any atom is 0.224 e. The van der Waals surface area contributed by atoms with Gasteiger partial charge in [-0.25, -0.2) is 0 Å². The molecule has 5 heteroatoms. The number of carbonyl (C=O) groups excluding carboxylic acids is 2. The highest BCUT2D eigenvalue weighted by Crippen LogP contribution is 2.17. The van der Waals surface area contributed by atoms with E-state index in [4.69, 9.17) is 4.74 Å². The Kier molecular flexibility index (Phi) is 5.86. The van der Waals surface area contributed by atoms with Crippen LogP contribution in [-0.2, 0) is 20.7 Å². The topological polar surface area (TPSA) is 58.6 Å². The first kappa shape index (κ1) is 17.0. The minimum atomic E-state index is -0.0374. The summed E-state index contributed by atoms with van der Waals surface area (Å²) in [6.45, 7) is 2.72. The van der Waals surface area contributed by atoms with E-state index >= 15 is 0 Å². The van der Waals surface area contributed by atoms with Gasteiger partial charge < -0.3 is 15.0 Å². The lowest BCUT2D eigenvalue weighted by Crippen LogP contribution is -2.42. The van der Waals surface area contributed by atoms with Crippen molar-refractivity contribution >= 4 is 11.8 Å². The van der Waals surface area contributed by atoms with Crippen molar-refractivity contribution in [2.75, 3.05) is 26.3 Å². The second-order valence-corrected chi connectivity index (χ2v) is 6.73. The number of nitrogens with one attached hydrogen (secondary N) is 1. The first-order chi connectivity index (χ1) is 11.7. The van der Waals surface area contributed by atoms with Crippen LogP contribution in [0.5, 0.6) is 0 Å². The number of benzene rings is 1. The molecule has 2 aliphatic heterocycles. The van der Waals surface area contributed by atoms with Crippen LogP contribution < -0.4 is 5.32 Å². The summed E-state index contributed by atoms with van der Waals surface area (Å²) in [4.78, 5) is 26.3. The highest BCUT2D eigenvalue weighted by atomic mass is 16.5. The number of nitrogens with zero attached hydrogens (tertiary/aromatic N) is 1. The molecule has 0 radical (unpaired) electrons. The molecule has 0 spiro atoms. The molecular weight excluding hydrogens is 304 g/mol. The molecule has 2 amide bonds. The molecule has 0 saturated carbocycles. The van der Waals surface area contributed by atoms with Crippen molar-refractivity contribution in [3.8, 4) is 0 Å². The monoisotopic (exact) mass is 330 g/mol. The minimum Gasteiger partial charge on any atom is -0.381 e. The number of aryl methyl sites for hydroxylation is 1. The number of hydrogen-bond donors (Lipinski definition) is 1. The summed E-state index contributed by atoms with van der Waals surface area (Å²) in [7, 11) is 0. The fourth-order valence-corrected chi connectivity index (χ4v) is 3.48. The molecule has 1 aromatic rings. The van der Waals surface area contributed by atoms with Gasteiger partial charge in [-0.3, -0.25) is 9.59 Å². The van der Waals surface area contributed by atoms with E-state index in [1.807, 2.05) is 23.1 Å². The van der Waals surface area contributed by atoms with E-state index in [9.17, 15) is 9.59 Å². The first-order valence-corrected chi connectivity index (χ1v) is 8.92. The maximum absolute atomic E-state index is 12.3. The zero-order chi connectivity index (χ0) is 16.8. The van der Waals surface area contributed by atoms with Crippen LogP contribution in [0.4, 0.5) is 0 Å². The largest absolute Gasteiger partial charge is 0.381 e. The van der Waals surface area contributed by atoms with Crippen molar-refractivity contribution in [3.05, 3.63) is 35.9 Å². The van der Waals surface area contributed by atoms with Gasteiger partial charge in [0.2, 0.25) is 11.8 Å². The minimum absolute atomic E-state index is 0.0374. The zero-order valence-electron chi connectivity index (χ0n) is 14.1. The molecule has 1 atom stereocenters. The summed E-state index contributed by atoms with van der Waals surface area (Å²) in [5, 5.41) is 3.06. The van der Waals surface area contributed by atoms with Crippen molar-refractivity contribution < 1.29 is 14.3 Å². The standard InChI is InChI=1S/C19H26N2O3/c22-18-13-17(20-19(23)16-8-11-24-12-9-16)14-21(18)10-4-7-15-5-2-1-3-6-15/h1-3,5-6,16-17H,4,7-14H2,(H,20,23)/t17-/m1/s1. The molecule has 1 aromatic carbocycles. The summed E-state index contributed by atoms with van der Waals surface area (Å²) < 4.78 is 5.29. The molecular formula is C19H26N2O3. The van der Waals surface area contributed by atoms with Crippen LogP contribution in [0.2, 0.25) is 0 Å². The van der Waals surface area contributed by atoms with Gasteiger partial charge in [0.1, 0.15) is 0 Å². The predicted octanol–water partition coefficient (Wildman–Crippen LogP) is 1.76.